The molecular weight excluding hydrogens is 631 g/mol. The van der Waals surface area contributed by atoms with E-state index in [1.807, 2.05) is 6.07 Å². The zero-order valence-electron chi connectivity index (χ0n) is 29.1. The third-order valence-corrected chi connectivity index (χ3v) is 13.6. The van der Waals surface area contributed by atoms with E-state index in [2.05, 4.69) is 150 Å². The molecule has 52 heavy (non-hydrogen) atoms. The lowest BCUT2D eigenvalue weighted by Gasteiger charge is -2.61. The fourth-order valence-electron chi connectivity index (χ4n) is 11.9. The fraction of sp³-hybridized carbons (Fsp3) is 0.200. The van der Waals surface area contributed by atoms with E-state index in [1.165, 1.54) is 65.1 Å². The summed E-state index contributed by atoms with van der Waals surface area (Å²) in [5, 5.41) is 4.74. The number of hydrogen-bond acceptors (Lipinski definition) is 2. The molecule has 1 spiro atoms. The number of rotatable bonds is 4. The Morgan fingerprint density at radius 2 is 1.12 bits per heavy atom. The Bertz CT molecular complexity index is 2680. The van der Waals surface area contributed by atoms with Crippen LogP contribution in [0.4, 0.5) is 17.1 Å². The summed E-state index contributed by atoms with van der Waals surface area (Å²) in [7, 11) is 0. The molecule has 0 amide bonds. The standard InChI is InChI=1S/C50H39NO/c1-2-11-39-33(9-1)10-7-17-46(39)51(38-23-24-42-41-12-4-6-18-47(41)52-48(42)30-38)37-21-19-34(20-22-37)40-14-8-16-45-49(40)43-13-3-5-15-44(43)50(45)35-26-31-25-32(28-35)29-36(50)27-31/h1-24,30-32,35-36H,25-29H2. The van der Waals surface area contributed by atoms with Crippen LogP contribution in [0.3, 0.4) is 0 Å². The van der Waals surface area contributed by atoms with Crippen LogP contribution in [-0.2, 0) is 5.41 Å². The molecule has 0 N–H and O–H groups in total. The molecule has 0 aliphatic heterocycles. The predicted molar refractivity (Wildman–Crippen MR) is 215 cm³/mol. The number of hydrogen-bond donors (Lipinski definition) is 0. The van der Waals surface area contributed by atoms with E-state index in [0.717, 1.165) is 62.7 Å². The van der Waals surface area contributed by atoms with Gasteiger partial charge in [0.15, 0.2) is 0 Å². The third kappa shape index (κ3) is 3.90. The Hall–Kier alpha value is -5.60. The lowest BCUT2D eigenvalue weighted by molar-refractivity contribution is -0.0399. The quantitative estimate of drug-likeness (QED) is 0.185. The van der Waals surface area contributed by atoms with Crippen LogP contribution in [0.2, 0.25) is 0 Å². The van der Waals surface area contributed by atoms with Crippen molar-refractivity contribution in [3.05, 3.63) is 163 Å². The number of para-hydroxylation sites is 1. The van der Waals surface area contributed by atoms with E-state index in [-0.39, 0.29) is 5.41 Å². The van der Waals surface area contributed by atoms with Gasteiger partial charge in [-0.15, -0.1) is 0 Å². The highest BCUT2D eigenvalue weighted by Gasteiger charge is 2.61. The van der Waals surface area contributed by atoms with Crippen molar-refractivity contribution >= 4 is 49.8 Å². The normalized spacial score (nSPS) is 23.8. The third-order valence-electron chi connectivity index (χ3n) is 13.6. The highest BCUT2D eigenvalue weighted by atomic mass is 16.3. The fourth-order valence-corrected chi connectivity index (χ4v) is 11.9. The summed E-state index contributed by atoms with van der Waals surface area (Å²) in [5.74, 6) is 3.42. The monoisotopic (exact) mass is 669 g/mol. The Morgan fingerprint density at radius 1 is 0.481 bits per heavy atom. The van der Waals surface area contributed by atoms with E-state index in [4.69, 9.17) is 4.42 Å². The Labute approximate surface area is 304 Å². The number of furan rings is 1. The van der Waals surface area contributed by atoms with Crippen molar-refractivity contribution in [2.75, 3.05) is 4.90 Å². The van der Waals surface area contributed by atoms with Gasteiger partial charge >= 0.3 is 0 Å². The second kappa shape index (κ2) is 10.7. The highest BCUT2D eigenvalue weighted by molar-refractivity contribution is 6.07. The number of anilines is 3. The van der Waals surface area contributed by atoms with Crippen LogP contribution >= 0.6 is 0 Å². The first-order chi connectivity index (χ1) is 25.7. The van der Waals surface area contributed by atoms with E-state index >= 15 is 0 Å². The maximum Gasteiger partial charge on any atom is 0.137 e. The molecule has 4 saturated carbocycles. The predicted octanol–water partition coefficient (Wildman–Crippen LogP) is 13.6. The summed E-state index contributed by atoms with van der Waals surface area (Å²) in [6, 6.07) is 56.3. The number of fused-ring (bicyclic) bond motifs is 7. The lowest BCUT2D eigenvalue weighted by atomic mass is 9.43. The summed E-state index contributed by atoms with van der Waals surface area (Å²) in [5.41, 5.74) is 14.2. The number of nitrogens with zero attached hydrogens (tertiary/aromatic N) is 1. The smallest absolute Gasteiger partial charge is 0.137 e. The van der Waals surface area contributed by atoms with Crippen LogP contribution in [0.5, 0.6) is 0 Å². The lowest BCUT2D eigenvalue weighted by Crippen LogP contribution is -2.55. The molecule has 250 valence electrons. The number of benzene rings is 7. The first kappa shape index (κ1) is 29.0. The largest absolute Gasteiger partial charge is 0.456 e. The zero-order chi connectivity index (χ0) is 34.0. The minimum absolute atomic E-state index is 0.176. The van der Waals surface area contributed by atoms with Gasteiger partial charge in [0, 0.05) is 39.0 Å². The second-order valence-electron chi connectivity index (χ2n) is 16.1. The van der Waals surface area contributed by atoms with Gasteiger partial charge in [-0.3, -0.25) is 0 Å². The maximum atomic E-state index is 6.41. The Balaban J connectivity index is 1.01. The summed E-state index contributed by atoms with van der Waals surface area (Å²) in [6.07, 6.45) is 7.10. The van der Waals surface area contributed by atoms with Crippen molar-refractivity contribution < 1.29 is 4.42 Å². The highest BCUT2D eigenvalue weighted by Crippen LogP contribution is 2.70. The average Bonchev–Trinajstić information content (AvgIpc) is 3.71. The molecule has 1 aromatic heterocycles. The summed E-state index contributed by atoms with van der Waals surface area (Å²) in [6.45, 7) is 0. The van der Waals surface area contributed by atoms with Crippen LogP contribution in [0, 0.1) is 23.7 Å². The van der Waals surface area contributed by atoms with Gasteiger partial charge < -0.3 is 9.32 Å². The minimum atomic E-state index is 0.176. The molecule has 0 saturated heterocycles. The van der Waals surface area contributed by atoms with Gasteiger partial charge in [-0.2, -0.15) is 0 Å². The van der Waals surface area contributed by atoms with Crippen molar-refractivity contribution in [2.45, 2.75) is 37.5 Å². The summed E-state index contributed by atoms with van der Waals surface area (Å²) >= 11 is 0. The molecule has 0 unspecified atom stereocenters. The molecule has 0 radical (unpaired) electrons. The van der Waals surface area contributed by atoms with Crippen LogP contribution in [0.15, 0.2) is 156 Å². The first-order valence-electron chi connectivity index (χ1n) is 19.3. The van der Waals surface area contributed by atoms with Gasteiger partial charge in [0.1, 0.15) is 11.2 Å². The maximum absolute atomic E-state index is 6.41. The summed E-state index contributed by atoms with van der Waals surface area (Å²) < 4.78 is 6.41. The molecular formula is C50H39NO. The Kier molecular flexibility index (Phi) is 5.98. The van der Waals surface area contributed by atoms with Crippen molar-refractivity contribution in [1.29, 1.82) is 0 Å². The summed E-state index contributed by atoms with van der Waals surface area (Å²) in [4.78, 5) is 2.40. The van der Waals surface area contributed by atoms with Crippen molar-refractivity contribution in [2.24, 2.45) is 23.7 Å². The van der Waals surface area contributed by atoms with Crippen molar-refractivity contribution in [3.63, 3.8) is 0 Å². The van der Waals surface area contributed by atoms with Gasteiger partial charge in [0.25, 0.3) is 0 Å². The molecule has 8 aromatic rings. The van der Waals surface area contributed by atoms with Gasteiger partial charge in [-0.1, -0.05) is 109 Å². The van der Waals surface area contributed by atoms with Crippen LogP contribution in [0.25, 0.3) is 55.0 Å². The second-order valence-corrected chi connectivity index (χ2v) is 16.1. The van der Waals surface area contributed by atoms with Gasteiger partial charge in [-0.25, -0.2) is 0 Å². The van der Waals surface area contributed by atoms with Crippen LogP contribution < -0.4 is 4.90 Å². The van der Waals surface area contributed by atoms with Crippen molar-refractivity contribution in [3.8, 4) is 22.3 Å². The van der Waals surface area contributed by atoms with E-state index in [9.17, 15) is 0 Å². The molecule has 0 atom stereocenters. The molecule has 1 heterocycles. The van der Waals surface area contributed by atoms with E-state index in [0.29, 0.717) is 0 Å². The first-order valence-corrected chi connectivity index (χ1v) is 19.3. The topological polar surface area (TPSA) is 16.4 Å². The molecule has 5 aliphatic rings. The molecule has 4 fully saturated rings. The average molecular weight is 670 g/mol. The van der Waals surface area contributed by atoms with Gasteiger partial charge in [0.05, 0.1) is 5.69 Å². The van der Waals surface area contributed by atoms with Crippen LogP contribution in [-0.4, -0.2) is 0 Å². The molecule has 13 rings (SSSR count). The molecule has 5 aliphatic carbocycles. The minimum Gasteiger partial charge on any atom is -0.456 e. The SMILES string of the molecule is c1ccc2c(c1)-c1c(-c3ccc(N(c4ccc5c(c4)oc4ccccc45)c4cccc5ccccc45)cc3)cccc1C21C2CC3CC(C2)CC1C3. The van der Waals surface area contributed by atoms with E-state index < -0.39 is 0 Å². The molecule has 2 nitrogen and oxygen atoms in total. The van der Waals surface area contributed by atoms with Gasteiger partial charge in [-0.05, 0) is 131 Å². The molecule has 4 bridgehead atoms. The van der Waals surface area contributed by atoms with Gasteiger partial charge in [0.2, 0.25) is 0 Å². The van der Waals surface area contributed by atoms with E-state index in [1.54, 1.807) is 11.1 Å². The van der Waals surface area contributed by atoms with Crippen molar-refractivity contribution in [1.82, 2.24) is 0 Å². The molecule has 2 heteroatoms. The zero-order valence-corrected chi connectivity index (χ0v) is 29.1. The van der Waals surface area contributed by atoms with Crippen LogP contribution in [0.1, 0.15) is 43.2 Å². The Morgan fingerprint density at radius 3 is 1.96 bits per heavy atom. The molecule has 7 aromatic carbocycles.